The van der Waals surface area contributed by atoms with Crippen LogP contribution in [0, 0.1) is 10.5 Å². The molecule has 0 heterocycles. The van der Waals surface area contributed by atoms with Gasteiger partial charge in [-0.05, 0) is 53.8 Å². The molecule has 0 bridgehead atoms. The summed E-state index contributed by atoms with van der Waals surface area (Å²) in [6, 6.07) is 13.8. The summed E-state index contributed by atoms with van der Waals surface area (Å²) in [5.41, 5.74) is 1.63. The molecule has 104 valence electrons. The molecule has 0 saturated carbocycles. The molecular weight excluding hydrogens is 387 g/mol. The number of rotatable bonds is 4. The summed E-state index contributed by atoms with van der Waals surface area (Å²) in [7, 11) is -3.84. The minimum Gasteiger partial charge on any atom is -0.379 e. The molecular formula is C15H13IO3S. The SMILES string of the molecule is C=C(OS(=O)(=O)c1ccc(C)cc1)c1ccc(I)cc1. The summed E-state index contributed by atoms with van der Waals surface area (Å²) in [6.07, 6.45) is 0. The van der Waals surface area contributed by atoms with E-state index < -0.39 is 10.1 Å². The Morgan fingerprint density at radius 2 is 1.60 bits per heavy atom. The first-order valence-corrected chi connectivity index (χ1v) is 8.33. The zero-order valence-corrected chi connectivity index (χ0v) is 13.8. The summed E-state index contributed by atoms with van der Waals surface area (Å²) in [5.74, 6) is 0.113. The van der Waals surface area contributed by atoms with Crippen LogP contribution in [0.25, 0.3) is 5.76 Å². The number of hydrogen-bond acceptors (Lipinski definition) is 3. The molecule has 20 heavy (non-hydrogen) atoms. The Hall–Kier alpha value is -1.34. The van der Waals surface area contributed by atoms with Gasteiger partial charge in [-0.15, -0.1) is 0 Å². The minimum atomic E-state index is -3.84. The van der Waals surface area contributed by atoms with Crippen molar-refractivity contribution in [2.75, 3.05) is 0 Å². The zero-order valence-electron chi connectivity index (χ0n) is 10.8. The third-order valence-electron chi connectivity index (χ3n) is 2.69. The average molecular weight is 400 g/mol. The van der Waals surface area contributed by atoms with Gasteiger partial charge in [-0.2, -0.15) is 8.42 Å². The normalized spacial score (nSPS) is 11.1. The molecule has 0 aliphatic carbocycles. The average Bonchev–Trinajstić information content (AvgIpc) is 2.39. The second-order valence-corrected chi connectivity index (χ2v) is 7.07. The van der Waals surface area contributed by atoms with Crippen molar-refractivity contribution in [3.8, 4) is 0 Å². The molecule has 2 aromatic rings. The molecule has 2 aromatic carbocycles. The van der Waals surface area contributed by atoms with Crippen LogP contribution in [0.4, 0.5) is 0 Å². The minimum absolute atomic E-state index is 0.113. The van der Waals surface area contributed by atoms with Crippen molar-refractivity contribution >= 4 is 38.5 Å². The zero-order chi connectivity index (χ0) is 14.8. The fourth-order valence-electron chi connectivity index (χ4n) is 1.57. The van der Waals surface area contributed by atoms with Crippen molar-refractivity contribution in [1.82, 2.24) is 0 Å². The Morgan fingerprint density at radius 3 is 2.15 bits per heavy atom. The maximum absolute atomic E-state index is 12.1. The predicted molar refractivity (Wildman–Crippen MR) is 87.6 cm³/mol. The molecule has 0 spiro atoms. The quantitative estimate of drug-likeness (QED) is 0.443. The van der Waals surface area contributed by atoms with Crippen molar-refractivity contribution in [2.45, 2.75) is 11.8 Å². The summed E-state index contributed by atoms with van der Waals surface area (Å²) in [6.45, 7) is 5.57. The van der Waals surface area contributed by atoms with Gasteiger partial charge >= 0.3 is 10.1 Å². The van der Waals surface area contributed by atoms with Gasteiger partial charge in [-0.25, -0.2) is 0 Å². The van der Waals surface area contributed by atoms with Crippen molar-refractivity contribution in [2.24, 2.45) is 0 Å². The standard InChI is InChI=1S/C15H13IO3S/c1-11-3-9-15(10-4-11)20(17,18)19-12(2)13-5-7-14(16)8-6-13/h3-10H,2H2,1H3. The third-order valence-corrected chi connectivity index (χ3v) is 4.68. The van der Waals surface area contributed by atoms with E-state index in [9.17, 15) is 8.42 Å². The Morgan fingerprint density at radius 1 is 1.05 bits per heavy atom. The lowest BCUT2D eigenvalue weighted by molar-refractivity contribution is 0.464. The molecule has 0 radical (unpaired) electrons. The molecule has 0 aliphatic heterocycles. The lowest BCUT2D eigenvalue weighted by atomic mass is 10.2. The molecule has 0 amide bonds. The third kappa shape index (κ3) is 3.61. The lowest BCUT2D eigenvalue weighted by Crippen LogP contribution is -2.05. The number of hydrogen-bond donors (Lipinski definition) is 0. The second kappa shape index (κ2) is 5.97. The first-order valence-electron chi connectivity index (χ1n) is 5.84. The maximum atomic E-state index is 12.1. The number of halogens is 1. The van der Waals surface area contributed by atoms with Gasteiger partial charge < -0.3 is 4.18 Å². The summed E-state index contributed by atoms with van der Waals surface area (Å²) in [4.78, 5) is 0.120. The van der Waals surface area contributed by atoms with E-state index in [0.717, 1.165) is 9.13 Å². The van der Waals surface area contributed by atoms with E-state index in [4.69, 9.17) is 4.18 Å². The van der Waals surface area contributed by atoms with Gasteiger partial charge in [0.2, 0.25) is 0 Å². The van der Waals surface area contributed by atoms with Crippen LogP contribution in [0.1, 0.15) is 11.1 Å². The van der Waals surface area contributed by atoms with Crippen LogP contribution in [0.5, 0.6) is 0 Å². The highest BCUT2D eigenvalue weighted by atomic mass is 127. The van der Waals surface area contributed by atoms with Crippen molar-refractivity contribution in [3.05, 3.63) is 69.8 Å². The molecule has 0 fully saturated rings. The molecule has 0 aromatic heterocycles. The lowest BCUT2D eigenvalue weighted by Gasteiger charge is -2.10. The van der Waals surface area contributed by atoms with E-state index in [0.29, 0.717) is 5.56 Å². The van der Waals surface area contributed by atoms with Crippen molar-refractivity contribution in [3.63, 3.8) is 0 Å². The van der Waals surface area contributed by atoms with E-state index in [-0.39, 0.29) is 10.7 Å². The van der Waals surface area contributed by atoms with Gasteiger partial charge in [0.25, 0.3) is 0 Å². The molecule has 0 N–H and O–H groups in total. The molecule has 0 unspecified atom stereocenters. The smallest absolute Gasteiger partial charge is 0.339 e. The van der Waals surface area contributed by atoms with Crippen LogP contribution in [-0.4, -0.2) is 8.42 Å². The first-order chi connectivity index (χ1) is 9.38. The molecule has 0 atom stereocenters. The summed E-state index contributed by atoms with van der Waals surface area (Å²) in [5, 5.41) is 0. The highest BCUT2D eigenvalue weighted by Gasteiger charge is 2.17. The van der Waals surface area contributed by atoms with E-state index in [1.165, 1.54) is 12.1 Å². The van der Waals surface area contributed by atoms with Gasteiger partial charge in [0.05, 0.1) is 0 Å². The topological polar surface area (TPSA) is 43.4 Å². The summed E-state index contributed by atoms with van der Waals surface area (Å²) >= 11 is 2.17. The van der Waals surface area contributed by atoms with Gasteiger partial charge in [-0.3, -0.25) is 0 Å². The van der Waals surface area contributed by atoms with E-state index in [1.54, 1.807) is 24.3 Å². The van der Waals surface area contributed by atoms with Crippen LogP contribution in [0.15, 0.2) is 60.0 Å². The van der Waals surface area contributed by atoms with Gasteiger partial charge in [0.15, 0.2) is 0 Å². The van der Waals surface area contributed by atoms with Crippen molar-refractivity contribution < 1.29 is 12.6 Å². The van der Waals surface area contributed by atoms with Gasteiger partial charge in [0.1, 0.15) is 10.7 Å². The summed E-state index contributed by atoms with van der Waals surface area (Å²) < 4.78 is 30.3. The van der Waals surface area contributed by atoms with E-state index >= 15 is 0 Å². The molecule has 3 nitrogen and oxygen atoms in total. The van der Waals surface area contributed by atoms with Crippen LogP contribution in [-0.2, 0) is 14.3 Å². The largest absolute Gasteiger partial charge is 0.379 e. The Balaban J connectivity index is 2.22. The monoisotopic (exact) mass is 400 g/mol. The first kappa shape index (κ1) is 15.1. The predicted octanol–water partition coefficient (Wildman–Crippen LogP) is 3.98. The Bertz CT molecular complexity index is 717. The molecule has 5 heteroatoms. The molecule has 0 saturated heterocycles. The van der Waals surface area contributed by atoms with Gasteiger partial charge in [-0.1, -0.05) is 36.4 Å². The van der Waals surface area contributed by atoms with Crippen molar-refractivity contribution in [1.29, 1.82) is 0 Å². The molecule has 2 rings (SSSR count). The fraction of sp³-hybridized carbons (Fsp3) is 0.0667. The van der Waals surface area contributed by atoms with E-state index in [2.05, 4.69) is 29.2 Å². The Labute approximate surface area is 132 Å². The van der Waals surface area contributed by atoms with Crippen LogP contribution in [0.3, 0.4) is 0 Å². The van der Waals surface area contributed by atoms with E-state index in [1.807, 2.05) is 19.1 Å². The Kier molecular flexibility index (Phi) is 4.49. The van der Waals surface area contributed by atoms with Crippen LogP contribution < -0.4 is 0 Å². The maximum Gasteiger partial charge on any atom is 0.339 e. The molecule has 0 aliphatic rings. The highest BCUT2D eigenvalue weighted by Crippen LogP contribution is 2.22. The number of benzene rings is 2. The van der Waals surface area contributed by atoms with Gasteiger partial charge in [0, 0.05) is 9.13 Å². The highest BCUT2D eigenvalue weighted by molar-refractivity contribution is 14.1. The fourth-order valence-corrected chi connectivity index (χ4v) is 2.86. The van der Waals surface area contributed by atoms with Crippen LogP contribution in [0.2, 0.25) is 0 Å². The second-order valence-electron chi connectivity index (χ2n) is 4.28. The van der Waals surface area contributed by atoms with Crippen LogP contribution >= 0.6 is 22.6 Å². The number of aryl methyl sites for hydroxylation is 1.